The van der Waals surface area contributed by atoms with Crippen molar-refractivity contribution in [2.75, 3.05) is 12.4 Å². The number of fused-ring (bicyclic) bond motifs is 2. The number of anilines is 1. The van der Waals surface area contributed by atoms with E-state index in [0.29, 0.717) is 12.4 Å². The lowest BCUT2D eigenvalue weighted by atomic mass is 10.2. The van der Waals surface area contributed by atoms with Crippen molar-refractivity contribution in [3.63, 3.8) is 0 Å². The Morgan fingerprint density at radius 2 is 1.90 bits per heavy atom. The van der Waals surface area contributed by atoms with Gasteiger partial charge >= 0.3 is 0 Å². The minimum absolute atomic E-state index is 0.563. The van der Waals surface area contributed by atoms with Crippen LogP contribution in [0.4, 0.5) is 5.69 Å². The molecule has 5 rings (SSSR count). The average molecular weight is 380 g/mol. The first-order valence-corrected chi connectivity index (χ1v) is 9.54. The van der Waals surface area contributed by atoms with Gasteiger partial charge in [0.25, 0.3) is 0 Å². The van der Waals surface area contributed by atoms with Crippen molar-refractivity contribution < 1.29 is 4.74 Å². The number of ether oxygens (including phenoxy) is 1. The highest BCUT2D eigenvalue weighted by Gasteiger charge is 2.09. The molecule has 0 unspecified atom stereocenters. The predicted molar refractivity (Wildman–Crippen MR) is 117 cm³/mol. The molecular formula is C24H20N4O. The minimum atomic E-state index is 0.563. The van der Waals surface area contributed by atoms with Crippen molar-refractivity contribution in [2.24, 2.45) is 0 Å². The van der Waals surface area contributed by atoms with Gasteiger partial charge in [-0.3, -0.25) is 4.98 Å². The first-order chi connectivity index (χ1) is 14.3. The third-order valence-electron chi connectivity index (χ3n) is 5.00. The van der Waals surface area contributed by atoms with E-state index in [2.05, 4.69) is 51.4 Å². The molecule has 0 amide bonds. The van der Waals surface area contributed by atoms with Gasteiger partial charge in [-0.25, -0.2) is 4.98 Å². The first kappa shape index (κ1) is 17.3. The molecule has 0 radical (unpaired) electrons. The van der Waals surface area contributed by atoms with Crippen LogP contribution in [-0.4, -0.2) is 21.6 Å². The van der Waals surface area contributed by atoms with Crippen LogP contribution < -0.4 is 10.1 Å². The van der Waals surface area contributed by atoms with Crippen LogP contribution in [0.15, 0.2) is 85.2 Å². The lowest BCUT2D eigenvalue weighted by molar-refractivity contribution is 0.468. The summed E-state index contributed by atoms with van der Waals surface area (Å²) < 4.78 is 8.27. The van der Waals surface area contributed by atoms with E-state index in [4.69, 9.17) is 9.72 Å². The van der Waals surface area contributed by atoms with Crippen molar-refractivity contribution >= 4 is 27.5 Å². The van der Waals surface area contributed by atoms with Crippen LogP contribution >= 0.6 is 0 Å². The van der Waals surface area contributed by atoms with Crippen molar-refractivity contribution in [1.29, 1.82) is 0 Å². The molecule has 5 nitrogen and oxygen atoms in total. The molecule has 0 atom stereocenters. The Morgan fingerprint density at radius 1 is 0.966 bits per heavy atom. The largest absolute Gasteiger partial charge is 0.438 e. The van der Waals surface area contributed by atoms with Crippen molar-refractivity contribution in [3.05, 3.63) is 90.9 Å². The van der Waals surface area contributed by atoms with E-state index in [9.17, 15) is 0 Å². The molecule has 0 aliphatic rings. The maximum Gasteiger partial charge on any atom is 0.221 e. The van der Waals surface area contributed by atoms with Crippen LogP contribution in [0.25, 0.3) is 21.8 Å². The Hall–Kier alpha value is -3.86. The fraction of sp³-hybridized carbons (Fsp3) is 0.0833. The fourth-order valence-corrected chi connectivity index (χ4v) is 3.53. The van der Waals surface area contributed by atoms with Gasteiger partial charge in [-0.05, 0) is 36.4 Å². The number of nitrogens with zero attached hydrogens (tertiary/aromatic N) is 3. The summed E-state index contributed by atoms with van der Waals surface area (Å²) in [5.41, 5.74) is 4.10. The second kappa shape index (κ2) is 7.28. The molecule has 3 aromatic heterocycles. The van der Waals surface area contributed by atoms with E-state index in [0.717, 1.165) is 38.9 Å². The molecule has 0 saturated heterocycles. The standard InChI is InChI=1S/C24H20N4O/c1-25-18-11-13-26-24(15-18)29-23-8-4-7-22-20(23)12-14-28(22)16-19-10-9-17-5-2-3-6-21(17)27-19/h2-15H,16H2,1H3,(H,25,26). The normalized spacial score (nSPS) is 11.1. The summed E-state index contributed by atoms with van der Waals surface area (Å²) in [6.07, 6.45) is 3.81. The third kappa shape index (κ3) is 3.38. The van der Waals surface area contributed by atoms with Gasteiger partial charge in [-0.1, -0.05) is 30.3 Å². The highest BCUT2D eigenvalue weighted by Crippen LogP contribution is 2.31. The lowest BCUT2D eigenvalue weighted by Gasteiger charge is -2.09. The number of aromatic nitrogens is 3. The molecule has 0 aliphatic heterocycles. The summed E-state index contributed by atoms with van der Waals surface area (Å²) in [5, 5.41) is 5.30. The molecule has 142 valence electrons. The molecule has 2 aromatic carbocycles. The number of rotatable bonds is 5. The van der Waals surface area contributed by atoms with E-state index >= 15 is 0 Å². The summed E-state index contributed by atoms with van der Waals surface area (Å²) in [6.45, 7) is 0.700. The second-order valence-corrected chi connectivity index (χ2v) is 6.86. The van der Waals surface area contributed by atoms with Crippen LogP contribution in [-0.2, 0) is 6.54 Å². The smallest absolute Gasteiger partial charge is 0.221 e. The molecule has 5 heteroatoms. The highest BCUT2D eigenvalue weighted by atomic mass is 16.5. The summed E-state index contributed by atoms with van der Waals surface area (Å²) in [4.78, 5) is 9.11. The van der Waals surface area contributed by atoms with Crippen LogP contribution in [0.2, 0.25) is 0 Å². The number of benzene rings is 2. The van der Waals surface area contributed by atoms with E-state index < -0.39 is 0 Å². The van der Waals surface area contributed by atoms with Crippen molar-refractivity contribution in [3.8, 4) is 11.6 Å². The second-order valence-electron chi connectivity index (χ2n) is 6.86. The molecule has 0 bridgehead atoms. The van der Waals surface area contributed by atoms with Gasteiger partial charge in [0, 0.05) is 42.0 Å². The number of pyridine rings is 2. The zero-order valence-corrected chi connectivity index (χ0v) is 16.0. The molecule has 1 N–H and O–H groups in total. The first-order valence-electron chi connectivity index (χ1n) is 9.54. The number of hydrogen-bond acceptors (Lipinski definition) is 4. The van der Waals surface area contributed by atoms with Gasteiger partial charge in [-0.15, -0.1) is 0 Å². The zero-order valence-electron chi connectivity index (χ0n) is 16.0. The molecule has 29 heavy (non-hydrogen) atoms. The lowest BCUT2D eigenvalue weighted by Crippen LogP contribution is -2.00. The van der Waals surface area contributed by atoms with Gasteiger partial charge < -0.3 is 14.6 Å². The van der Waals surface area contributed by atoms with Crippen molar-refractivity contribution in [2.45, 2.75) is 6.54 Å². The molecule has 0 spiro atoms. The maximum absolute atomic E-state index is 6.08. The van der Waals surface area contributed by atoms with Gasteiger partial charge in [-0.2, -0.15) is 0 Å². The fourth-order valence-electron chi connectivity index (χ4n) is 3.53. The number of hydrogen-bond donors (Lipinski definition) is 1. The van der Waals surface area contributed by atoms with E-state index in [1.54, 1.807) is 6.20 Å². The van der Waals surface area contributed by atoms with Gasteiger partial charge in [0.15, 0.2) is 0 Å². The Kier molecular flexibility index (Phi) is 4.33. The Labute approximate surface area is 168 Å². The SMILES string of the molecule is CNc1ccnc(Oc2cccc3c2ccn3Cc2ccc3ccccc3n2)c1. The summed E-state index contributed by atoms with van der Waals surface area (Å²) >= 11 is 0. The highest BCUT2D eigenvalue weighted by molar-refractivity contribution is 5.87. The van der Waals surface area contributed by atoms with Crippen LogP contribution in [0.5, 0.6) is 11.6 Å². The van der Waals surface area contributed by atoms with Crippen LogP contribution in [0.1, 0.15) is 5.69 Å². The summed E-state index contributed by atoms with van der Waals surface area (Å²) in [6, 6.07) is 24.3. The van der Waals surface area contributed by atoms with Gasteiger partial charge in [0.2, 0.25) is 5.88 Å². The third-order valence-corrected chi connectivity index (χ3v) is 5.00. The molecule has 5 aromatic rings. The minimum Gasteiger partial charge on any atom is -0.438 e. The molecule has 3 heterocycles. The van der Waals surface area contributed by atoms with E-state index in [1.807, 2.05) is 49.5 Å². The number of para-hydroxylation sites is 1. The quantitative estimate of drug-likeness (QED) is 0.439. The Morgan fingerprint density at radius 3 is 2.83 bits per heavy atom. The van der Waals surface area contributed by atoms with E-state index in [1.165, 1.54) is 0 Å². The molecule has 0 aliphatic carbocycles. The molecule has 0 saturated carbocycles. The topological polar surface area (TPSA) is 52.0 Å². The molecule has 0 fully saturated rings. The summed E-state index contributed by atoms with van der Waals surface area (Å²) in [7, 11) is 1.88. The summed E-state index contributed by atoms with van der Waals surface area (Å²) in [5.74, 6) is 1.35. The zero-order chi connectivity index (χ0) is 19.6. The van der Waals surface area contributed by atoms with Crippen LogP contribution in [0, 0.1) is 0 Å². The van der Waals surface area contributed by atoms with Crippen molar-refractivity contribution in [1.82, 2.24) is 14.5 Å². The van der Waals surface area contributed by atoms with Gasteiger partial charge in [0.1, 0.15) is 5.75 Å². The monoisotopic (exact) mass is 380 g/mol. The Bertz CT molecular complexity index is 1310. The molecular weight excluding hydrogens is 360 g/mol. The maximum atomic E-state index is 6.08. The van der Waals surface area contributed by atoms with Crippen LogP contribution in [0.3, 0.4) is 0 Å². The van der Waals surface area contributed by atoms with E-state index in [-0.39, 0.29) is 0 Å². The Balaban J connectivity index is 1.47. The van der Waals surface area contributed by atoms with Gasteiger partial charge in [0.05, 0.1) is 23.3 Å². The number of nitrogens with one attached hydrogen (secondary N) is 1. The average Bonchev–Trinajstić information content (AvgIpc) is 3.18. The predicted octanol–water partition coefficient (Wildman–Crippen LogP) is 5.47.